The van der Waals surface area contributed by atoms with Crippen LogP contribution in [0.1, 0.15) is 24.4 Å². The molecule has 0 amide bonds. The number of fused-ring (bicyclic) bond motifs is 1. The highest BCUT2D eigenvalue weighted by Gasteiger charge is 2.14. The van der Waals surface area contributed by atoms with Gasteiger partial charge < -0.3 is 10.3 Å². The maximum absolute atomic E-state index is 13.6. The van der Waals surface area contributed by atoms with Gasteiger partial charge in [-0.05, 0) is 48.5 Å². The Morgan fingerprint density at radius 2 is 2.11 bits per heavy atom. The van der Waals surface area contributed by atoms with Crippen LogP contribution in [-0.4, -0.2) is 30.2 Å². The average Bonchev–Trinajstić information content (AvgIpc) is 3.09. The number of H-pyrrole nitrogens is 1. The molecule has 0 aliphatic carbocycles. The van der Waals surface area contributed by atoms with Crippen LogP contribution >= 0.6 is 11.6 Å². The zero-order chi connectivity index (χ0) is 19.8. The monoisotopic (exact) mass is 399 g/mol. The second-order valence-corrected chi connectivity index (χ2v) is 6.72. The fraction of sp³-hybridized carbons (Fsp3) is 0.167. The third kappa shape index (κ3) is 3.31. The molecule has 0 saturated heterocycles. The van der Waals surface area contributed by atoms with Crippen LogP contribution in [0.2, 0.25) is 5.02 Å². The highest BCUT2D eigenvalue weighted by Crippen LogP contribution is 2.24. The minimum Gasteiger partial charge on any atom is -0.363 e. The van der Waals surface area contributed by atoms with E-state index in [-0.39, 0.29) is 16.6 Å². The molecule has 3 heterocycles. The summed E-state index contributed by atoms with van der Waals surface area (Å²) in [5.74, 6) is 0.611. The summed E-state index contributed by atoms with van der Waals surface area (Å²) in [6.07, 6.45) is 1.62. The van der Waals surface area contributed by atoms with Gasteiger partial charge in [0.1, 0.15) is 11.6 Å². The minimum absolute atomic E-state index is 0.00251. The van der Waals surface area contributed by atoms with E-state index in [1.807, 2.05) is 6.92 Å². The van der Waals surface area contributed by atoms with E-state index in [4.69, 9.17) is 11.6 Å². The molecule has 0 aliphatic heterocycles. The van der Waals surface area contributed by atoms with Crippen LogP contribution in [0.4, 0.5) is 10.2 Å². The van der Waals surface area contributed by atoms with Crippen molar-refractivity contribution >= 4 is 28.3 Å². The first-order valence-corrected chi connectivity index (χ1v) is 8.80. The van der Waals surface area contributed by atoms with Crippen LogP contribution < -0.4 is 10.9 Å². The molecule has 0 radical (unpaired) electrons. The van der Waals surface area contributed by atoms with Gasteiger partial charge in [-0.2, -0.15) is 4.68 Å². The van der Waals surface area contributed by atoms with Crippen LogP contribution in [0.15, 0.2) is 41.3 Å². The number of anilines is 1. The van der Waals surface area contributed by atoms with Gasteiger partial charge in [-0.3, -0.25) is 4.79 Å². The lowest BCUT2D eigenvalue weighted by Gasteiger charge is -2.15. The number of benzene rings is 1. The van der Waals surface area contributed by atoms with Crippen molar-refractivity contribution in [3.8, 4) is 5.69 Å². The van der Waals surface area contributed by atoms with Crippen molar-refractivity contribution in [3.05, 3.63) is 69.1 Å². The van der Waals surface area contributed by atoms with Crippen molar-refractivity contribution in [3.63, 3.8) is 0 Å². The van der Waals surface area contributed by atoms with Crippen molar-refractivity contribution in [2.45, 2.75) is 19.9 Å². The summed E-state index contributed by atoms with van der Waals surface area (Å²) in [4.78, 5) is 19.4. The molecule has 2 N–H and O–H groups in total. The van der Waals surface area contributed by atoms with Gasteiger partial charge in [-0.1, -0.05) is 11.6 Å². The standard InChI is InChI=1S/C18H15ClFN7O/c1-9(13-5-11-6-14(19)15(20)8-16(11)23-18(13)28)22-17-7-12(3-4-21-17)27-10(2)24-25-26-27/h3-9H,1-2H3,(H,21,22)(H,23,28). The van der Waals surface area contributed by atoms with Gasteiger partial charge in [0.15, 0.2) is 5.82 Å². The number of hydrogen-bond donors (Lipinski definition) is 2. The zero-order valence-electron chi connectivity index (χ0n) is 14.9. The van der Waals surface area contributed by atoms with Gasteiger partial charge in [0.05, 0.1) is 22.3 Å². The number of aromatic amines is 1. The van der Waals surface area contributed by atoms with Crippen LogP contribution in [0.25, 0.3) is 16.6 Å². The zero-order valence-corrected chi connectivity index (χ0v) is 15.7. The molecule has 10 heteroatoms. The number of rotatable bonds is 4. The predicted octanol–water partition coefficient (Wildman–Crippen LogP) is 3.17. The molecule has 4 aromatic rings. The second-order valence-electron chi connectivity index (χ2n) is 6.31. The van der Waals surface area contributed by atoms with Gasteiger partial charge >= 0.3 is 0 Å². The number of aryl methyl sites for hydroxylation is 1. The lowest BCUT2D eigenvalue weighted by Crippen LogP contribution is -2.20. The second kappa shape index (κ2) is 7.01. The third-order valence-corrected chi connectivity index (χ3v) is 4.65. The van der Waals surface area contributed by atoms with E-state index in [0.29, 0.717) is 28.1 Å². The van der Waals surface area contributed by atoms with Gasteiger partial charge in [-0.15, -0.1) is 5.10 Å². The van der Waals surface area contributed by atoms with Crippen LogP contribution in [0.5, 0.6) is 0 Å². The smallest absolute Gasteiger partial charge is 0.253 e. The van der Waals surface area contributed by atoms with Gasteiger partial charge in [0.25, 0.3) is 5.56 Å². The van der Waals surface area contributed by atoms with Crippen molar-refractivity contribution in [1.82, 2.24) is 30.2 Å². The predicted molar refractivity (Wildman–Crippen MR) is 103 cm³/mol. The third-order valence-electron chi connectivity index (χ3n) is 4.36. The molecule has 142 valence electrons. The molecule has 1 atom stereocenters. The summed E-state index contributed by atoms with van der Waals surface area (Å²) in [5, 5.41) is 15.3. The summed E-state index contributed by atoms with van der Waals surface area (Å²) in [5.41, 5.74) is 1.28. The number of aromatic nitrogens is 6. The number of hydrogen-bond acceptors (Lipinski definition) is 6. The molecule has 3 aromatic heterocycles. The Balaban J connectivity index is 1.66. The first-order chi connectivity index (χ1) is 13.4. The van der Waals surface area contributed by atoms with E-state index in [0.717, 1.165) is 5.69 Å². The molecule has 1 aromatic carbocycles. The molecular formula is C18H15ClFN7O. The maximum Gasteiger partial charge on any atom is 0.253 e. The van der Waals surface area contributed by atoms with E-state index in [1.54, 1.807) is 36.0 Å². The molecule has 1 unspecified atom stereocenters. The normalized spacial score (nSPS) is 12.3. The van der Waals surface area contributed by atoms with Crippen molar-refractivity contribution in [2.75, 3.05) is 5.32 Å². The topological polar surface area (TPSA) is 101 Å². The van der Waals surface area contributed by atoms with Gasteiger partial charge in [-0.25, -0.2) is 9.37 Å². The van der Waals surface area contributed by atoms with Crippen LogP contribution in [0, 0.1) is 12.7 Å². The molecular weight excluding hydrogens is 385 g/mol. The summed E-state index contributed by atoms with van der Waals surface area (Å²) < 4.78 is 15.2. The van der Waals surface area contributed by atoms with Crippen LogP contribution in [-0.2, 0) is 0 Å². The maximum atomic E-state index is 13.6. The fourth-order valence-electron chi connectivity index (χ4n) is 2.94. The van der Waals surface area contributed by atoms with Crippen LogP contribution in [0.3, 0.4) is 0 Å². The minimum atomic E-state index is -0.581. The number of pyridine rings is 2. The van der Waals surface area contributed by atoms with Gasteiger partial charge in [0.2, 0.25) is 0 Å². The Kier molecular flexibility index (Phi) is 4.52. The molecule has 28 heavy (non-hydrogen) atoms. The molecule has 8 nitrogen and oxygen atoms in total. The summed E-state index contributed by atoms with van der Waals surface area (Å²) >= 11 is 5.86. The summed E-state index contributed by atoms with van der Waals surface area (Å²) in [6.45, 7) is 3.62. The lowest BCUT2D eigenvalue weighted by molar-refractivity contribution is 0.629. The molecule has 0 spiro atoms. The highest BCUT2D eigenvalue weighted by atomic mass is 35.5. The summed E-state index contributed by atoms with van der Waals surface area (Å²) in [7, 11) is 0. The lowest BCUT2D eigenvalue weighted by atomic mass is 10.1. The van der Waals surface area contributed by atoms with Crippen molar-refractivity contribution < 1.29 is 4.39 Å². The SMILES string of the molecule is Cc1nnnn1-c1ccnc(NC(C)c2cc3cc(Cl)c(F)cc3[nH]c2=O)c1. The first kappa shape index (κ1) is 18.1. The Bertz CT molecular complexity index is 1240. The summed E-state index contributed by atoms with van der Waals surface area (Å²) in [6, 6.07) is 7.57. The highest BCUT2D eigenvalue weighted by molar-refractivity contribution is 6.31. The van der Waals surface area contributed by atoms with Gasteiger partial charge in [0, 0.05) is 23.2 Å². The Labute approximate surface area is 163 Å². The number of nitrogens with one attached hydrogen (secondary N) is 2. The van der Waals surface area contributed by atoms with E-state index in [9.17, 15) is 9.18 Å². The van der Waals surface area contributed by atoms with E-state index < -0.39 is 5.82 Å². The van der Waals surface area contributed by atoms with E-state index >= 15 is 0 Å². The first-order valence-electron chi connectivity index (χ1n) is 8.42. The Hall–Kier alpha value is -3.33. The Morgan fingerprint density at radius 3 is 2.86 bits per heavy atom. The largest absolute Gasteiger partial charge is 0.363 e. The molecule has 0 saturated carbocycles. The molecule has 0 fully saturated rings. The van der Waals surface area contributed by atoms with E-state index in [1.165, 1.54) is 12.1 Å². The van der Waals surface area contributed by atoms with E-state index in [2.05, 4.69) is 30.8 Å². The molecule has 4 rings (SSSR count). The Morgan fingerprint density at radius 1 is 1.29 bits per heavy atom. The number of nitrogens with zero attached hydrogens (tertiary/aromatic N) is 5. The fourth-order valence-corrected chi connectivity index (χ4v) is 3.11. The number of tetrazole rings is 1. The molecule has 0 aliphatic rings. The van der Waals surface area contributed by atoms with Crippen molar-refractivity contribution in [1.29, 1.82) is 0 Å². The quantitative estimate of drug-likeness (QED) is 0.546. The average molecular weight is 400 g/mol. The molecule has 0 bridgehead atoms. The number of halogens is 2. The van der Waals surface area contributed by atoms with Crippen molar-refractivity contribution in [2.24, 2.45) is 0 Å².